The van der Waals surface area contributed by atoms with Crippen LogP contribution in [0, 0.1) is 18.7 Å². The highest BCUT2D eigenvalue weighted by Crippen LogP contribution is 2.24. The van der Waals surface area contributed by atoms with Crippen LogP contribution in [-0.4, -0.2) is 50.9 Å². The normalized spacial score (nSPS) is 15.0. The maximum absolute atomic E-state index is 14.0. The van der Waals surface area contributed by atoms with Gasteiger partial charge < -0.3 is 15.0 Å². The number of carbonyl (C=O) groups is 2. The Balaban J connectivity index is 1.25. The third-order valence-electron chi connectivity index (χ3n) is 6.19. The first-order valence-corrected chi connectivity index (χ1v) is 13.2. The van der Waals surface area contributed by atoms with Crippen LogP contribution < -0.4 is 10.1 Å². The van der Waals surface area contributed by atoms with Gasteiger partial charge in [-0.2, -0.15) is 0 Å². The number of ether oxygens (including phenoxy) is 1. The minimum absolute atomic E-state index is 0.0281. The molecule has 0 bridgehead atoms. The van der Waals surface area contributed by atoms with E-state index in [-0.39, 0.29) is 30.0 Å². The number of amides is 2. The van der Waals surface area contributed by atoms with E-state index in [1.165, 1.54) is 12.1 Å². The lowest BCUT2D eigenvalue weighted by atomic mass is 9.95. The zero-order valence-electron chi connectivity index (χ0n) is 19.9. The van der Waals surface area contributed by atoms with E-state index < -0.39 is 11.9 Å². The number of nitrogens with zero attached hydrogens (tertiary/aromatic N) is 4. The predicted molar refractivity (Wildman–Crippen MR) is 139 cm³/mol. The lowest BCUT2D eigenvalue weighted by molar-refractivity contribution is -0.141. The van der Waals surface area contributed by atoms with Crippen molar-refractivity contribution in [2.75, 3.05) is 13.1 Å². The van der Waals surface area contributed by atoms with Gasteiger partial charge in [0.25, 0.3) is 5.91 Å². The van der Waals surface area contributed by atoms with Crippen LogP contribution in [0.4, 0.5) is 4.39 Å². The van der Waals surface area contributed by atoms with Crippen molar-refractivity contribution in [2.45, 2.75) is 39.3 Å². The Labute approximate surface area is 225 Å². The Kier molecular flexibility index (Phi) is 8.40. The van der Waals surface area contributed by atoms with Crippen molar-refractivity contribution in [1.82, 2.24) is 25.2 Å². The standard InChI is InChI=1S/C25H26Br2FN5O3/c1-15-20(27)4-3-5-22(15)33-14-19(30-31-33)13-29-24(34)17-8-10-32(11-9-17)25(35)16(2)36-23-7-6-18(26)12-21(23)28/h3-7,12,14,16-17H,8-11,13H2,1-2H3,(H,29,34). The van der Waals surface area contributed by atoms with Crippen LogP contribution in [0.15, 0.2) is 51.5 Å². The molecule has 0 spiro atoms. The fourth-order valence-electron chi connectivity index (χ4n) is 4.09. The molecule has 1 unspecified atom stereocenters. The van der Waals surface area contributed by atoms with Gasteiger partial charge in [-0.3, -0.25) is 9.59 Å². The fraction of sp³-hybridized carbons (Fsp3) is 0.360. The summed E-state index contributed by atoms with van der Waals surface area (Å²) in [5.41, 5.74) is 2.61. The Morgan fingerprint density at radius 2 is 1.97 bits per heavy atom. The molecule has 4 rings (SSSR count). The average molecular weight is 623 g/mol. The zero-order chi connectivity index (χ0) is 25.8. The molecule has 0 aliphatic carbocycles. The predicted octanol–water partition coefficient (Wildman–Crippen LogP) is 4.56. The van der Waals surface area contributed by atoms with Crippen LogP contribution in [0.25, 0.3) is 5.69 Å². The van der Waals surface area contributed by atoms with E-state index >= 15 is 0 Å². The molecule has 0 radical (unpaired) electrons. The summed E-state index contributed by atoms with van der Waals surface area (Å²) < 4.78 is 22.8. The summed E-state index contributed by atoms with van der Waals surface area (Å²) in [5, 5.41) is 11.3. The molecule has 1 aromatic heterocycles. The Hall–Kier alpha value is -2.79. The number of piperidine rings is 1. The lowest BCUT2D eigenvalue weighted by Crippen LogP contribution is -2.47. The minimum Gasteiger partial charge on any atom is -0.478 e. The van der Waals surface area contributed by atoms with Gasteiger partial charge in [-0.25, -0.2) is 9.07 Å². The van der Waals surface area contributed by atoms with E-state index in [4.69, 9.17) is 4.74 Å². The number of nitrogens with one attached hydrogen (secondary N) is 1. The number of hydrogen-bond acceptors (Lipinski definition) is 5. The lowest BCUT2D eigenvalue weighted by Gasteiger charge is -2.33. The first-order valence-electron chi connectivity index (χ1n) is 11.6. The van der Waals surface area contributed by atoms with Gasteiger partial charge in [0.1, 0.15) is 5.69 Å². The summed E-state index contributed by atoms with van der Waals surface area (Å²) in [6.07, 6.45) is 2.05. The smallest absolute Gasteiger partial charge is 0.263 e. The molecule has 1 N–H and O–H groups in total. The van der Waals surface area contributed by atoms with Crippen LogP contribution in [0.2, 0.25) is 0 Å². The quantitative estimate of drug-likeness (QED) is 0.417. The second kappa shape index (κ2) is 11.5. The molecule has 11 heteroatoms. The Morgan fingerprint density at radius 3 is 2.69 bits per heavy atom. The largest absolute Gasteiger partial charge is 0.478 e. The summed E-state index contributed by atoms with van der Waals surface area (Å²) >= 11 is 6.72. The van der Waals surface area contributed by atoms with Crippen molar-refractivity contribution in [1.29, 1.82) is 0 Å². The molecule has 190 valence electrons. The van der Waals surface area contributed by atoms with Gasteiger partial charge in [-0.05, 0) is 62.6 Å². The number of rotatable bonds is 7. The molecule has 1 atom stereocenters. The summed E-state index contributed by atoms with van der Waals surface area (Å²) in [5.74, 6) is -1.00. The molecule has 1 fully saturated rings. The van der Waals surface area contributed by atoms with Crippen LogP contribution in [0.5, 0.6) is 5.75 Å². The highest BCUT2D eigenvalue weighted by molar-refractivity contribution is 9.10. The maximum Gasteiger partial charge on any atom is 0.263 e. The molecule has 2 amide bonds. The summed E-state index contributed by atoms with van der Waals surface area (Å²) in [7, 11) is 0. The van der Waals surface area contributed by atoms with Gasteiger partial charge in [0.05, 0.1) is 18.4 Å². The molecular weight excluding hydrogens is 597 g/mol. The number of likely N-dealkylation sites (tertiary alicyclic amines) is 1. The van der Waals surface area contributed by atoms with E-state index in [0.29, 0.717) is 36.1 Å². The molecule has 36 heavy (non-hydrogen) atoms. The maximum atomic E-state index is 14.0. The van der Waals surface area contributed by atoms with Crippen molar-refractivity contribution >= 4 is 43.7 Å². The van der Waals surface area contributed by atoms with E-state index in [1.807, 2.05) is 25.1 Å². The first-order chi connectivity index (χ1) is 17.2. The third-order valence-corrected chi connectivity index (χ3v) is 7.55. The van der Waals surface area contributed by atoms with Crippen molar-refractivity contribution < 1.29 is 18.7 Å². The van der Waals surface area contributed by atoms with Crippen molar-refractivity contribution in [3.05, 3.63) is 68.6 Å². The minimum atomic E-state index is -0.831. The van der Waals surface area contributed by atoms with Crippen LogP contribution in [-0.2, 0) is 16.1 Å². The highest BCUT2D eigenvalue weighted by Gasteiger charge is 2.30. The van der Waals surface area contributed by atoms with E-state index in [0.717, 1.165) is 15.7 Å². The second-order valence-corrected chi connectivity index (χ2v) is 10.5. The topological polar surface area (TPSA) is 89.4 Å². The number of benzene rings is 2. The molecule has 3 aromatic rings. The van der Waals surface area contributed by atoms with Gasteiger partial charge >= 0.3 is 0 Å². The number of halogens is 3. The Bertz CT molecular complexity index is 1260. The molecule has 0 saturated carbocycles. The Morgan fingerprint density at radius 1 is 1.22 bits per heavy atom. The van der Waals surface area contributed by atoms with Crippen LogP contribution in [0.3, 0.4) is 0 Å². The second-order valence-electron chi connectivity index (χ2n) is 8.69. The molecular formula is C25H26Br2FN5O3. The first kappa shape index (κ1) is 26.3. The molecule has 1 aliphatic heterocycles. The van der Waals surface area contributed by atoms with Gasteiger partial charge in [0.15, 0.2) is 17.7 Å². The molecule has 1 saturated heterocycles. The van der Waals surface area contributed by atoms with Gasteiger partial charge in [-0.15, -0.1) is 5.10 Å². The number of hydrogen-bond donors (Lipinski definition) is 1. The number of aromatic nitrogens is 3. The summed E-state index contributed by atoms with van der Waals surface area (Å²) in [6.45, 7) is 4.74. The van der Waals surface area contributed by atoms with Crippen LogP contribution >= 0.6 is 31.9 Å². The highest BCUT2D eigenvalue weighted by atomic mass is 79.9. The molecule has 2 heterocycles. The fourth-order valence-corrected chi connectivity index (χ4v) is 4.78. The SMILES string of the molecule is Cc1c(Br)cccc1-n1cc(CNC(=O)C2CCN(C(=O)C(C)Oc3ccc(Br)cc3F)CC2)nn1. The summed E-state index contributed by atoms with van der Waals surface area (Å²) in [6, 6.07) is 10.3. The van der Waals surface area contributed by atoms with Gasteiger partial charge in [-0.1, -0.05) is 43.1 Å². The van der Waals surface area contributed by atoms with Gasteiger partial charge in [0.2, 0.25) is 5.91 Å². The van der Waals surface area contributed by atoms with E-state index in [1.54, 1.807) is 28.8 Å². The van der Waals surface area contributed by atoms with E-state index in [2.05, 4.69) is 47.5 Å². The monoisotopic (exact) mass is 621 g/mol. The summed E-state index contributed by atoms with van der Waals surface area (Å²) in [4.78, 5) is 27.2. The van der Waals surface area contributed by atoms with Crippen LogP contribution in [0.1, 0.15) is 31.0 Å². The molecule has 1 aliphatic rings. The number of carbonyl (C=O) groups excluding carboxylic acids is 2. The van der Waals surface area contributed by atoms with Crippen molar-refractivity contribution in [2.24, 2.45) is 5.92 Å². The zero-order valence-corrected chi connectivity index (χ0v) is 23.1. The van der Waals surface area contributed by atoms with Gasteiger partial charge in [0, 0.05) is 28.0 Å². The average Bonchev–Trinajstić information content (AvgIpc) is 3.34. The van der Waals surface area contributed by atoms with Crippen molar-refractivity contribution in [3.63, 3.8) is 0 Å². The third kappa shape index (κ3) is 6.12. The van der Waals surface area contributed by atoms with Crippen molar-refractivity contribution in [3.8, 4) is 11.4 Å². The van der Waals surface area contributed by atoms with E-state index in [9.17, 15) is 14.0 Å². The molecule has 8 nitrogen and oxygen atoms in total. The molecule has 2 aromatic carbocycles.